The fourth-order valence-electron chi connectivity index (χ4n) is 2.18. The fourth-order valence-corrected chi connectivity index (χ4v) is 2.18. The average Bonchev–Trinajstić information content (AvgIpc) is 2.87. The molecule has 1 atom stereocenters. The summed E-state index contributed by atoms with van der Waals surface area (Å²) >= 11 is 0. The Labute approximate surface area is 116 Å². The Hall–Kier alpha value is -2.43. The Kier molecular flexibility index (Phi) is 3.33. The van der Waals surface area contributed by atoms with E-state index >= 15 is 0 Å². The molecule has 0 aliphatic carbocycles. The van der Waals surface area contributed by atoms with Crippen LogP contribution in [-0.2, 0) is 0 Å². The monoisotopic (exact) mass is 270 g/mol. The van der Waals surface area contributed by atoms with Crippen molar-refractivity contribution in [3.63, 3.8) is 0 Å². The first kappa shape index (κ1) is 12.6. The van der Waals surface area contributed by atoms with E-state index in [2.05, 4.69) is 34.5 Å². The van der Waals surface area contributed by atoms with E-state index in [0.29, 0.717) is 11.6 Å². The van der Waals surface area contributed by atoms with Gasteiger partial charge in [-0.2, -0.15) is 4.98 Å². The van der Waals surface area contributed by atoms with Gasteiger partial charge in [0.05, 0.1) is 12.2 Å². The van der Waals surface area contributed by atoms with Crippen molar-refractivity contribution in [2.75, 3.05) is 5.32 Å². The van der Waals surface area contributed by atoms with Gasteiger partial charge in [-0.25, -0.2) is 8.91 Å². The molecule has 0 saturated carbocycles. The second-order valence-electron chi connectivity index (χ2n) is 4.60. The number of nitrogens with zero attached hydrogens (tertiary/aromatic N) is 3. The van der Waals surface area contributed by atoms with Crippen LogP contribution in [-0.4, -0.2) is 14.6 Å². The van der Waals surface area contributed by atoms with E-state index in [1.54, 1.807) is 6.07 Å². The predicted molar refractivity (Wildman–Crippen MR) is 76.0 cm³/mol. The molecule has 1 N–H and O–H groups in total. The molecule has 2 heterocycles. The van der Waals surface area contributed by atoms with Crippen molar-refractivity contribution >= 4 is 11.6 Å². The molecule has 0 fully saturated rings. The third-order valence-corrected chi connectivity index (χ3v) is 3.21. The zero-order chi connectivity index (χ0) is 13.9. The Morgan fingerprint density at radius 3 is 2.75 bits per heavy atom. The Bertz CT molecular complexity index is 708. The van der Waals surface area contributed by atoms with Crippen LogP contribution in [0.1, 0.15) is 24.9 Å². The fraction of sp³-hybridized carbons (Fsp3) is 0.200. The van der Waals surface area contributed by atoms with E-state index < -0.39 is 0 Å². The quantitative estimate of drug-likeness (QED) is 0.789. The highest BCUT2D eigenvalue weighted by Gasteiger charge is 2.12. The third kappa shape index (κ3) is 2.47. The van der Waals surface area contributed by atoms with Crippen molar-refractivity contribution in [3.8, 4) is 0 Å². The number of aromatic nitrogens is 3. The van der Waals surface area contributed by atoms with E-state index in [1.165, 1.54) is 22.3 Å². The Morgan fingerprint density at radius 1 is 1.20 bits per heavy atom. The van der Waals surface area contributed by atoms with Gasteiger partial charge < -0.3 is 5.32 Å². The minimum atomic E-state index is -0.330. The number of hydrogen-bond acceptors (Lipinski definition) is 3. The highest BCUT2D eigenvalue weighted by Crippen LogP contribution is 2.20. The van der Waals surface area contributed by atoms with Crippen molar-refractivity contribution in [1.82, 2.24) is 14.6 Å². The van der Waals surface area contributed by atoms with Gasteiger partial charge in [0, 0.05) is 0 Å². The lowest BCUT2D eigenvalue weighted by Gasteiger charge is -2.15. The summed E-state index contributed by atoms with van der Waals surface area (Å²) in [6, 6.07) is 13.3. The van der Waals surface area contributed by atoms with Gasteiger partial charge in [-0.1, -0.05) is 37.3 Å². The number of hydrogen-bond donors (Lipinski definition) is 1. The highest BCUT2D eigenvalue weighted by atomic mass is 19.1. The van der Waals surface area contributed by atoms with Gasteiger partial charge in [0.2, 0.25) is 5.95 Å². The molecule has 102 valence electrons. The molecule has 20 heavy (non-hydrogen) atoms. The zero-order valence-electron chi connectivity index (χ0n) is 11.1. The summed E-state index contributed by atoms with van der Waals surface area (Å²) in [5.41, 5.74) is 1.80. The van der Waals surface area contributed by atoms with Gasteiger partial charge in [-0.05, 0) is 24.1 Å². The summed E-state index contributed by atoms with van der Waals surface area (Å²) < 4.78 is 14.6. The second kappa shape index (κ2) is 5.28. The number of fused-ring (bicyclic) bond motifs is 1. The Balaban J connectivity index is 1.87. The predicted octanol–water partition coefficient (Wildman–Crippen LogP) is 3.43. The molecule has 1 aromatic carbocycles. The van der Waals surface area contributed by atoms with E-state index in [-0.39, 0.29) is 11.9 Å². The van der Waals surface area contributed by atoms with E-state index in [0.717, 1.165) is 6.42 Å². The van der Waals surface area contributed by atoms with Gasteiger partial charge in [0.25, 0.3) is 0 Å². The van der Waals surface area contributed by atoms with Crippen molar-refractivity contribution in [2.45, 2.75) is 19.4 Å². The molecule has 4 nitrogen and oxygen atoms in total. The van der Waals surface area contributed by atoms with E-state index in [4.69, 9.17) is 0 Å². The lowest BCUT2D eigenvalue weighted by atomic mass is 10.1. The molecular weight excluding hydrogens is 255 g/mol. The largest absolute Gasteiger partial charge is 0.346 e. The lowest BCUT2D eigenvalue weighted by Crippen LogP contribution is -2.10. The minimum absolute atomic E-state index is 0.137. The van der Waals surface area contributed by atoms with Crippen molar-refractivity contribution in [2.24, 2.45) is 0 Å². The maximum absolute atomic E-state index is 13.1. The molecule has 0 saturated heterocycles. The number of benzene rings is 1. The summed E-state index contributed by atoms with van der Waals surface area (Å²) in [4.78, 5) is 4.34. The summed E-state index contributed by atoms with van der Waals surface area (Å²) in [6.07, 6.45) is 2.23. The maximum atomic E-state index is 13.1. The number of halogens is 1. The molecule has 0 amide bonds. The van der Waals surface area contributed by atoms with Crippen LogP contribution in [0.4, 0.5) is 10.3 Å². The molecule has 0 spiro atoms. The first-order chi connectivity index (χ1) is 9.76. The van der Waals surface area contributed by atoms with Crippen LogP contribution < -0.4 is 5.32 Å². The van der Waals surface area contributed by atoms with Crippen LogP contribution in [0.5, 0.6) is 0 Å². The van der Waals surface area contributed by atoms with Crippen LogP contribution in [0.2, 0.25) is 0 Å². The zero-order valence-corrected chi connectivity index (χ0v) is 11.1. The second-order valence-corrected chi connectivity index (χ2v) is 4.60. The molecule has 5 heteroatoms. The molecule has 3 aromatic rings. The SMILES string of the molecule is CCC(Nc1nc2ccc(F)cn2n1)c1ccccc1. The lowest BCUT2D eigenvalue weighted by molar-refractivity contribution is 0.614. The van der Waals surface area contributed by atoms with Gasteiger partial charge in [-0.15, -0.1) is 5.10 Å². The van der Waals surface area contributed by atoms with Crippen LogP contribution in [0, 0.1) is 5.82 Å². The standard InChI is InChI=1S/C15H15FN4/c1-2-13(11-6-4-3-5-7-11)17-15-18-14-9-8-12(16)10-20(14)19-15/h3-10,13H,2H2,1H3,(H,17,19). The average molecular weight is 270 g/mol. The van der Waals surface area contributed by atoms with Crippen LogP contribution in [0.3, 0.4) is 0 Å². The normalized spacial score (nSPS) is 12.5. The molecule has 3 rings (SSSR count). The maximum Gasteiger partial charge on any atom is 0.243 e. The van der Waals surface area contributed by atoms with Gasteiger partial charge >= 0.3 is 0 Å². The first-order valence-electron chi connectivity index (χ1n) is 6.59. The highest BCUT2D eigenvalue weighted by molar-refractivity contribution is 5.44. The number of anilines is 1. The molecule has 2 aromatic heterocycles. The van der Waals surface area contributed by atoms with Crippen molar-refractivity contribution < 1.29 is 4.39 Å². The van der Waals surface area contributed by atoms with Crippen molar-refractivity contribution in [3.05, 3.63) is 60.0 Å². The van der Waals surface area contributed by atoms with E-state index in [9.17, 15) is 4.39 Å². The summed E-state index contributed by atoms with van der Waals surface area (Å²) in [6.45, 7) is 2.10. The number of nitrogens with one attached hydrogen (secondary N) is 1. The van der Waals surface area contributed by atoms with Gasteiger partial charge in [0.15, 0.2) is 5.65 Å². The van der Waals surface area contributed by atoms with Gasteiger partial charge in [-0.3, -0.25) is 0 Å². The molecule has 0 aliphatic rings. The summed E-state index contributed by atoms with van der Waals surface area (Å²) in [5.74, 6) is 0.176. The molecular formula is C15H15FN4. The summed E-state index contributed by atoms with van der Waals surface area (Å²) in [7, 11) is 0. The number of rotatable bonds is 4. The van der Waals surface area contributed by atoms with Crippen LogP contribution >= 0.6 is 0 Å². The minimum Gasteiger partial charge on any atom is -0.346 e. The third-order valence-electron chi connectivity index (χ3n) is 3.21. The topological polar surface area (TPSA) is 42.2 Å². The first-order valence-corrected chi connectivity index (χ1v) is 6.59. The van der Waals surface area contributed by atoms with E-state index in [1.807, 2.05) is 18.2 Å². The smallest absolute Gasteiger partial charge is 0.243 e. The molecule has 0 aliphatic heterocycles. The van der Waals surface area contributed by atoms with Crippen molar-refractivity contribution in [1.29, 1.82) is 0 Å². The summed E-state index contributed by atoms with van der Waals surface area (Å²) in [5, 5.41) is 7.53. The van der Waals surface area contributed by atoms with Crippen LogP contribution in [0.15, 0.2) is 48.7 Å². The Morgan fingerprint density at radius 2 is 2.00 bits per heavy atom. The molecule has 0 radical (unpaired) electrons. The van der Waals surface area contributed by atoms with Gasteiger partial charge in [0.1, 0.15) is 5.82 Å². The number of pyridine rings is 1. The molecule has 0 bridgehead atoms. The van der Waals surface area contributed by atoms with Crippen LogP contribution in [0.25, 0.3) is 5.65 Å². The molecule has 1 unspecified atom stereocenters.